The highest BCUT2D eigenvalue weighted by molar-refractivity contribution is 7.80. The molecule has 16 heavy (non-hydrogen) atoms. The van der Waals surface area contributed by atoms with E-state index < -0.39 is 0 Å². The summed E-state index contributed by atoms with van der Waals surface area (Å²) in [7, 11) is 0. The number of carbonyl (C=O) groups is 1. The van der Waals surface area contributed by atoms with Gasteiger partial charge in [-0.15, -0.1) is 0 Å². The Morgan fingerprint density at radius 2 is 2.38 bits per heavy atom. The Bertz CT molecular complexity index is 271. The van der Waals surface area contributed by atoms with Crippen molar-refractivity contribution in [2.24, 2.45) is 11.7 Å². The van der Waals surface area contributed by atoms with E-state index in [1.165, 1.54) is 0 Å². The minimum atomic E-state index is -0.197. The van der Waals surface area contributed by atoms with Crippen molar-refractivity contribution in [3.8, 4) is 0 Å². The van der Waals surface area contributed by atoms with Crippen LogP contribution in [0, 0.1) is 5.92 Å². The maximum atomic E-state index is 11.6. The van der Waals surface area contributed by atoms with Crippen LogP contribution >= 0.6 is 12.2 Å². The zero-order chi connectivity index (χ0) is 12.1. The van der Waals surface area contributed by atoms with Crippen LogP contribution in [-0.4, -0.2) is 41.6 Å². The number of carbonyl (C=O) groups excluding carboxylic acids is 1. The zero-order valence-electron chi connectivity index (χ0n) is 9.94. The number of ether oxygens (including phenoxy) is 1. The van der Waals surface area contributed by atoms with Gasteiger partial charge in [0.1, 0.15) is 6.04 Å². The molecule has 5 heteroatoms. The van der Waals surface area contributed by atoms with Gasteiger partial charge in [0.15, 0.2) is 0 Å². The lowest BCUT2D eigenvalue weighted by Crippen LogP contribution is -2.48. The lowest BCUT2D eigenvalue weighted by molar-refractivity contribution is -0.149. The molecule has 0 aromatic carbocycles. The molecule has 0 amide bonds. The average molecular weight is 244 g/mol. The monoisotopic (exact) mass is 244 g/mol. The lowest BCUT2D eigenvalue weighted by Gasteiger charge is -2.35. The maximum Gasteiger partial charge on any atom is 0.323 e. The molecule has 0 saturated carbocycles. The van der Waals surface area contributed by atoms with Crippen molar-refractivity contribution in [2.75, 3.05) is 19.7 Å². The second-order valence-corrected chi connectivity index (χ2v) is 4.64. The molecule has 2 N–H and O–H groups in total. The van der Waals surface area contributed by atoms with Crippen LogP contribution in [0.5, 0.6) is 0 Å². The molecular formula is C11H20N2O2S. The molecule has 1 fully saturated rings. The SMILES string of the molecule is CCOC(=O)C(C)N1CCCC(C(N)=S)C1. The van der Waals surface area contributed by atoms with Gasteiger partial charge in [-0.1, -0.05) is 12.2 Å². The van der Waals surface area contributed by atoms with Crippen molar-refractivity contribution >= 4 is 23.2 Å². The molecule has 0 aromatic rings. The van der Waals surface area contributed by atoms with E-state index in [4.69, 9.17) is 22.7 Å². The van der Waals surface area contributed by atoms with E-state index in [1.807, 2.05) is 13.8 Å². The Labute approximate surface area is 102 Å². The quantitative estimate of drug-likeness (QED) is 0.589. The Morgan fingerprint density at radius 1 is 1.69 bits per heavy atom. The van der Waals surface area contributed by atoms with E-state index in [9.17, 15) is 4.79 Å². The smallest absolute Gasteiger partial charge is 0.323 e. The summed E-state index contributed by atoms with van der Waals surface area (Å²) in [6.07, 6.45) is 2.06. The third kappa shape index (κ3) is 3.42. The topological polar surface area (TPSA) is 55.6 Å². The van der Waals surface area contributed by atoms with Gasteiger partial charge in [-0.3, -0.25) is 9.69 Å². The van der Waals surface area contributed by atoms with Crippen molar-refractivity contribution < 1.29 is 9.53 Å². The van der Waals surface area contributed by atoms with E-state index in [0.29, 0.717) is 11.6 Å². The van der Waals surface area contributed by atoms with Gasteiger partial charge in [0.2, 0.25) is 0 Å². The summed E-state index contributed by atoms with van der Waals surface area (Å²) in [5, 5.41) is 0. The fourth-order valence-electron chi connectivity index (χ4n) is 2.00. The van der Waals surface area contributed by atoms with Gasteiger partial charge in [-0.2, -0.15) is 0 Å². The third-order valence-electron chi connectivity index (χ3n) is 3.03. The number of likely N-dealkylation sites (tertiary alicyclic amines) is 1. The van der Waals surface area contributed by atoms with Gasteiger partial charge in [-0.05, 0) is 33.2 Å². The number of hydrogen-bond donors (Lipinski definition) is 1. The second-order valence-electron chi connectivity index (χ2n) is 4.16. The number of thiocarbonyl (C=S) groups is 1. The highest BCUT2D eigenvalue weighted by Gasteiger charge is 2.29. The number of nitrogens with two attached hydrogens (primary N) is 1. The Hall–Kier alpha value is -0.680. The second kappa shape index (κ2) is 6.15. The fraction of sp³-hybridized carbons (Fsp3) is 0.818. The molecule has 1 heterocycles. The standard InChI is InChI=1S/C11H20N2O2S/c1-3-15-11(14)8(2)13-6-4-5-9(7-13)10(12)16/h8-9H,3-7H2,1-2H3,(H2,12,16). The number of piperidine rings is 1. The molecule has 92 valence electrons. The predicted octanol–water partition coefficient (Wildman–Crippen LogP) is 0.936. The predicted molar refractivity (Wildman–Crippen MR) is 67.2 cm³/mol. The maximum absolute atomic E-state index is 11.6. The van der Waals surface area contributed by atoms with Crippen LogP contribution in [-0.2, 0) is 9.53 Å². The van der Waals surface area contributed by atoms with Crippen molar-refractivity contribution in [1.29, 1.82) is 0 Å². The first-order chi connectivity index (χ1) is 7.56. The zero-order valence-corrected chi connectivity index (χ0v) is 10.8. The molecule has 1 rings (SSSR count). The van der Waals surface area contributed by atoms with Crippen molar-refractivity contribution in [3.63, 3.8) is 0 Å². The molecule has 2 atom stereocenters. The van der Waals surface area contributed by atoms with Gasteiger partial charge in [-0.25, -0.2) is 0 Å². The summed E-state index contributed by atoms with van der Waals surface area (Å²) in [6.45, 7) is 5.81. The largest absolute Gasteiger partial charge is 0.465 e. The minimum absolute atomic E-state index is 0.161. The molecule has 1 aliphatic heterocycles. The van der Waals surface area contributed by atoms with E-state index in [2.05, 4.69) is 4.90 Å². The highest BCUT2D eigenvalue weighted by atomic mass is 32.1. The van der Waals surface area contributed by atoms with E-state index in [0.717, 1.165) is 25.9 Å². The average Bonchev–Trinajstić information content (AvgIpc) is 2.28. The van der Waals surface area contributed by atoms with Crippen LogP contribution in [0.25, 0.3) is 0 Å². The summed E-state index contributed by atoms with van der Waals surface area (Å²) >= 11 is 5.01. The summed E-state index contributed by atoms with van der Waals surface area (Å²) in [4.78, 5) is 14.2. The van der Waals surface area contributed by atoms with Crippen LogP contribution in [0.1, 0.15) is 26.7 Å². The highest BCUT2D eigenvalue weighted by Crippen LogP contribution is 2.19. The van der Waals surface area contributed by atoms with Crippen LogP contribution in [0.15, 0.2) is 0 Å². The Kier molecular flexibility index (Phi) is 5.15. The van der Waals surface area contributed by atoms with E-state index in [-0.39, 0.29) is 17.9 Å². The molecule has 1 saturated heterocycles. The summed E-state index contributed by atoms with van der Waals surface area (Å²) < 4.78 is 5.01. The molecule has 0 radical (unpaired) electrons. The first-order valence-corrected chi connectivity index (χ1v) is 6.17. The lowest BCUT2D eigenvalue weighted by atomic mass is 9.97. The Balaban J connectivity index is 2.52. The van der Waals surface area contributed by atoms with Gasteiger partial charge >= 0.3 is 5.97 Å². The molecular weight excluding hydrogens is 224 g/mol. The van der Waals surface area contributed by atoms with Gasteiger partial charge in [0, 0.05) is 12.5 Å². The van der Waals surface area contributed by atoms with Crippen LogP contribution in [0.2, 0.25) is 0 Å². The van der Waals surface area contributed by atoms with Crippen molar-refractivity contribution in [1.82, 2.24) is 4.90 Å². The first kappa shape index (κ1) is 13.4. The molecule has 0 bridgehead atoms. The number of rotatable bonds is 4. The molecule has 1 aliphatic rings. The summed E-state index contributed by atoms with van der Waals surface area (Å²) in [6, 6.07) is -0.197. The van der Waals surface area contributed by atoms with E-state index >= 15 is 0 Å². The molecule has 0 spiro atoms. The number of esters is 1. The Morgan fingerprint density at radius 3 is 2.94 bits per heavy atom. The minimum Gasteiger partial charge on any atom is -0.465 e. The normalized spacial score (nSPS) is 23.8. The summed E-state index contributed by atoms with van der Waals surface area (Å²) in [5.41, 5.74) is 5.65. The number of hydrogen-bond acceptors (Lipinski definition) is 4. The summed E-state index contributed by atoms with van der Waals surface area (Å²) in [5.74, 6) is 0.0757. The molecule has 0 aliphatic carbocycles. The molecule has 2 unspecified atom stereocenters. The van der Waals surface area contributed by atoms with Crippen LogP contribution < -0.4 is 5.73 Å². The fourth-order valence-corrected chi connectivity index (χ4v) is 2.19. The van der Waals surface area contributed by atoms with Gasteiger partial charge in [0.25, 0.3) is 0 Å². The van der Waals surface area contributed by atoms with Gasteiger partial charge < -0.3 is 10.5 Å². The van der Waals surface area contributed by atoms with Crippen LogP contribution in [0.4, 0.5) is 0 Å². The third-order valence-corrected chi connectivity index (χ3v) is 3.36. The number of nitrogens with zero attached hydrogens (tertiary/aromatic N) is 1. The van der Waals surface area contributed by atoms with Crippen molar-refractivity contribution in [2.45, 2.75) is 32.7 Å². The molecule has 0 aromatic heterocycles. The van der Waals surface area contributed by atoms with Crippen LogP contribution in [0.3, 0.4) is 0 Å². The molecule has 4 nitrogen and oxygen atoms in total. The van der Waals surface area contributed by atoms with Gasteiger partial charge in [0.05, 0.1) is 11.6 Å². The van der Waals surface area contributed by atoms with Crippen molar-refractivity contribution in [3.05, 3.63) is 0 Å². The first-order valence-electron chi connectivity index (χ1n) is 5.76. The van der Waals surface area contributed by atoms with E-state index in [1.54, 1.807) is 0 Å².